The summed E-state index contributed by atoms with van der Waals surface area (Å²) in [5, 5.41) is 8.19. The molecule has 2 aromatic heterocycles. The summed E-state index contributed by atoms with van der Waals surface area (Å²) in [6, 6.07) is 5.69. The van der Waals surface area contributed by atoms with Crippen molar-refractivity contribution in [3.63, 3.8) is 0 Å². The normalized spacial score (nSPS) is 10.4. The maximum Gasteiger partial charge on any atom is 0.200 e. The molecule has 0 spiro atoms. The second-order valence-corrected chi connectivity index (χ2v) is 3.63. The summed E-state index contributed by atoms with van der Waals surface area (Å²) in [7, 11) is 0. The Morgan fingerprint density at radius 2 is 2.06 bits per heavy atom. The minimum absolute atomic E-state index is 0.606. The molecule has 0 saturated carbocycles. The molecule has 4 nitrogen and oxygen atoms in total. The maximum atomic E-state index is 4.50. The Balaban J connectivity index is 2.40. The first kappa shape index (κ1) is 10.7. The highest BCUT2D eigenvalue weighted by atomic mass is 15.2. The fourth-order valence-electron chi connectivity index (χ4n) is 1.49. The van der Waals surface area contributed by atoms with Crippen molar-refractivity contribution in [2.45, 2.75) is 26.7 Å². The van der Waals surface area contributed by atoms with Crippen LogP contribution in [0.5, 0.6) is 0 Å². The van der Waals surface area contributed by atoms with E-state index in [2.05, 4.69) is 27.1 Å². The van der Waals surface area contributed by atoms with Crippen LogP contribution >= 0.6 is 0 Å². The molecular weight excluding hydrogens is 200 g/mol. The van der Waals surface area contributed by atoms with Gasteiger partial charge in [0.1, 0.15) is 5.69 Å². The summed E-state index contributed by atoms with van der Waals surface area (Å²) in [5.41, 5.74) is 2.69. The second kappa shape index (κ2) is 4.79. The minimum atomic E-state index is 0.606. The maximum absolute atomic E-state index is 4.50. The lowest BCUT2D eigenvalue weighted by Gasteiger charge is -2.04. The van der Waals surface area contributed by atoms with Crippen LogP contribution in [0.4, 0.5) is 0 Å². The number of aromatic nitrogens is 4. The predicted molar refractivity (Wildman–Crippen MR) is 61.8 cm³/mol. The number of pyridine rings is 1. The third-order valence-electron chi connectivity index (χ3n) is 2.33. The van der Waals surface area contributed by atoms with Gasteiger partial charge < -0.3 is 0 Å². The van der Waals surface area contributed by atoms with Crippen LogP contribution < -0.4 is 0 Å². The topological polar surface area (TPSA) is 51.6 Å². The molecule has 0 radical (unpaired) electrons. The first-order valence-corrected chi connectivity index (χ1v) is 5.43. The van der Waals surface area contributed by atoms with Gasteiger partial charge in [-0.25, -0.2) is 4.98 Å². The minimum Gasteiger partial charge on any atom is -0.253 e. The van der Waals surface area contributed by atoms with Crippen LogP contribution in [0.25, 0.3) is 11.5 Å². The standard InChI is InChI=1S/C12H14N4/c1-3-6-10-9(2)15-16-12(14-10)11-7-4-5-8-13-11/h4-5,7-8H,3,6H2,1-2H3. The zero-order chi connectivity index (χ0) is 11.4. The summed E-state index contributed by atoms with van der Waals surface area (Å²) < 4.78 is 0. The summed E-state index contributed by atoms with van der Waals surface area (Å²) >= 11 is 0. The molecule has 0 fully saturated rings. The van der Waals surface area contributed by atoms with Crippen molar-refractivity contribution < 1.29 is 0 Å². The Morgan fingerprint density at radius 3 is 2.75 bits per heavy atom. The summed E-state index contributed by atoms with van der Waals surface area (Å²) in [6.07, 6.45) is 3.72. The molecule has 0 N–H and O–H groups in total. The molecule has 4 heteroatoms. The van der Waals surface area contributed by atoms with Gasteiger partial charge in [0.15, 0.2) is 0 Å². The van der Waals surface area contributed by atoms with Crippen molar-refractivity contribution in [2.75, 3.05) is 0 Å². The fraction of sp³-hybridized carbons (Fsp3) is 0.333. The molecule has 16 heavy (non-hydrogen) atoms. The summed E-state index contributed by atoms with van der Waals surface area (Å²) in [4.78, 5) is 8.71. The fourth-order valence-corrected chi connectivity index (χ4v) is 1.49. The lowest BCUT2D eigenvalue weighted by Crippen LogP contribution is -2.03. The average Bonchev–Trinajstić information content (AvgIpc) is 2.33. The van der Waals surface area contributed by atoms with Crippen molar-refractivity contribution in [3.8, 4) is 11.5 Å². The number of aryl methyl sites for hydroxylation is 2. The highest BCUT2D eigenvalue weighted by molar-refractivity contribution is 5.47. The van der Waals surface area contributed by atoms with Crippen molar-refractivity contribution in [1.82, 2.24) is 20.2 Å². The SMILES string of the molecule is CCCc1nc(-c2ccccn2)nnc1C. The highest BCUT2D eigenvalue weighted by Crippen LogP contribution is 2.12. The Labute approximate surface area is 94.8 Å². The van der Waals surface area contributed by atoms with Crippen LogP contribution in [0.15, 0.2) is 24.4 Å². The number of hydrogen-bond acceptors (Lipinski definition) is 4. The van der Waals surface area contributed by atoms with E-state index in [0.29, 0.717) is 5.82 Å². The third kappa shape index (κ3) is 2.21. The average molecular weight is 214 g/mol. The number of hydrogen-bond donors (Lipinski definition) is 0. The Kier molecular flexibility index (Phi) is 3.19. The van der Waals surface area contributed by atoms with E-state index in [1.54, 1.807) is 6.20 Å². The van der Waals surface area contributed by atoms with E-state index in [1.165, 1.54) is 0 Å². The molecule has 0 aliphatic heterocycles. The second-order valence-electron chi connectivity index (χ2n) is 3.63. The lowest BCUT2D eigenvalue weighted by molar-refractivity contribution is 0.813. The molecule has 0 aliphatic carbocycles. The van der Waals surface area contributed by atoms with E-state index in [4.69, 9.17) is 0 Å². The molecule has 0 amide bonds. The van der Waals surface area contributed by atoms with Crippen LogP contribution in [-0.2, 0) is 6.42 Å². The largest absolute Gasteiger partial charge is 0.253 e. The Bertz CT molecular complexity index is 468. The molecule has 0 atom stereocenters. The van der Waals surface area contributed by atoms with E-state index in [-0.39, 0.29) is 0 Å². The van der Waals surface area contributed by atoms with Gasteiger partial charge in [-0.15, -0.1) is 5.10 Å². The molecule has 2 aromatic rings. The van der Waals surface area contributed by atoms with Gasteiger partial charge in [0.2, 0.25) is 5.82 Å². The monoisotopic (exact) mass is 214 g/mol. The molecule has 82 valence electrons. The first-order chi connectivity index (χ1) is 7.81. The molecule has 0 unspecified atom stereocenters. The van der Waals surface area contributed by atoms with Gasteiger partial charge in [0, 0.05) is 6.20 Å². The molecule has 0 bridgehead atoms. The van der Waals surface area contributed by atoms with E-state index in [1.807, 2.05) is 25.1 Å². The smallest absolute Gasteiger partial charge is 0.200 e. The number of rotatable bonds is 3. The van der Waals surface area contributed by atoms with Gasteiger partial charge in [0.05, 0.1) is 11.4 Å². The van der Waals surface area contributed by atoms with Gasteiger partial charge >= 0.3 is 0 Å². The lowest BCUT2D eigenvalue weighted by atomic mass is 10.2. The number of nitrogens with zero attached hydrogens (tertiary/aromatic N) is 4. The molecule has 2 heterocycles. The van der Waals surface area contributed by atoms with Gasteiger partial charge in [0.25, 0.3) is 0 Å². The molecule has 0 aromatic carbocycles. The van der Waals surface area contributed by atoms with Crippen LogP contribution in [0, 0.1) is 6.92 Å². The molecule has 2 rings (SSSR count). The molecular formula is C12H14N4. The van der Waals surface area contributed by atoms with Crippen LogP contribution in [0.1, 0.15) is 24.7 Å². The van der Waals surface area contributed by atoms with Crippen molar-refractivity contribution in [1.29, 1.82) is 0 Å². The quantitative estimate of drug-likeness (QED) is 0.786. The van der Waals surface area contributed by atoms with Crippen molar-refractivity contribution in [2.24, 2.45) is 0 Å². The third-order valence-corrected chi connectivity index (χ3v) is 2.33. The Hall–Kier alpha value is -1.84. The van der Waals surface area contributed by atoms with Crippen LogP contribution in [0.3, 0.4) is 0 Å². The van der Waals surface area contributed by atoms with E-state index < -0.39 is 0 Å². The van der Waals surface area contributed by atoms with Gasteiger partial charge in [-0.1, -0.05) is 19.4 Å². The van der Waals surface area contributed by atoms with E-state index in [0.717, 1.165) is 29.9 Å². The zero-order valence-electron chi connectivity index (χ0n) is 9.51. The van der Waals surface area contributed by atoms with Crippen molar-refractivity contribution in [3.05, 3.63) is 35.8 Å². The predicted octanol–water partition coefficient (Wildman–Crippen LogP) is 2.19. The highest BCUT2D eigenvalue weighted by Gasteiger charge is 2.07. The first-order valence-electron chi connectivity index (χ1n) is 5.43. The summed E-state index contributed by atoms with van der Waals surface area (Å²) in [5.74, 6) is 0.606. The van der Waals surface area contributed by atoms with E-state index in [9.17, 15) is 0 Å². The molecule has 0 aliphatic rings. The van der Waals surface area contributed by atoms with E-state index >= 15 is 0 Å². The van der Waals surface area contributed by atoms with Gasteiger partial charge in [-0.3, -0.25) is 4.98 Å². The van der Waals surface area contributed by atoms with Crippen LogP contribution in [-0.4, -0.2) is 20.2 Å². The van der Waals surface area contributed by atoms with Crippen molar-refractivity contribution >= 4 is 0 Å². The summed E-state index contributed by atoms with van der Waals surface area (Å²) in [6.45, 7) is 4.06. The molecule has 0 saturated heterocycles. The Morgan fingerprint density at radius 1 is 1.19 bits per heavy atom. The van der Waals surface area contributed by atoms with Gasteiger partial charge in [-0.2, -0.15) is 5.10 Å². The van der Waals surface area contributed by atoms with Crippen LogP contribution in [0.2, 0.25) is 0 Å². The zero-order valence-corrected chi connectivity index (χ0v) is 9.51. The van der Waals surface area contributed by atoms with Gasteiger partial charge in [-0.05, 0) is 25.5 Å².